The van der Waals surface area contributed by atoms with Crippen LogP contribution in [0.2, 0.25) is 0 Å². The van der Waals surface area contributed by atoms with Crippen molar-refractivity contribution in [1.82, 2.24) is 4.90 Å². The minimum atomic E-state index is 0.827. The number of nitrogens with zero attached hydrogens (tertiary/aromatic N) is 1. The molecule has 13 heavy (non-hydrogen) atoms. The van der Waals surface area contributed by atoms with Gasteiger partial charge in [0.1, 0.15) is 0 Å². The van der Waals surface area contributed by atoms with Gasteiger partial charge in [-0.25, -0.2) is 0 Å². The van der Waals surface area contributed by atoms with Crippen LogP contribution in [0.25, 0.3) is 0 Å². The van der Waals surface area contributed by atoms with E-state index in [0.717, 1.165) is 17.8 Å². The van der Waals surface area contributed by atoms with Gasteiger partial charge in [0.2, 0.25) is 0 Å². The predicted octanol–water partition coefficient (Wildman–Crippen LogP) is 2.88. The van der Waals surface area contributed by atoms with Crippen molar-refractivity contribution >= 4 is 11.6 Å². The van der Waals surface area contributed by atoms with Crippen LogP contribution in [0.3, 0.4) is 0 Å². The van der Waals surface area contributed by atoms with Crippen LogP contribution in [0.5, 0.6) is 0 Å². The molecule has 1 aliphatic heterocycles. The summed E-state index contributed by atoms with van der Waals surface area (Å²) in [5, 5.41) is 0. The molecule has 2 heteroatoms. The van der Waals surface area contributed by atoms with Gasteiger partial charge in [-0.05, 0) is 51.1 Å². The third-order valence-corrected chi connectivity index (χ3v) is 3.95. The van der Waals surface area contributed by atoms with Crippen LogP contribution in [0.15, 0.2) is 0 Å². The highest BCUT2D eigenvalue weighted by atomic mass is 35.5. The zero-order valence-electron chi connectivity index (χ0n) is 8.34. The highest BCUT2D eigenvalue weighted by Crippen LogP contribution is 2.36. The predicted molar refractivity (Wildman–Crippen MR) is 57.3 cm³/mol. The summed E-state index contributed by atoms with van der Waals surface area (Å²) in [6.45, 7) is 2.57. The van der Waals surface area contributed by atoms with Crippen LogP contribution in [0, 0.1) is 5.92 Å². The molecule has 0 aromatic rings. The highest BCUT2D eigenvalue weighted by molar-refractivity contribution is 6.17. The normalized spacial score (nSPS) is 34.8. The van der Waals surface area contributed by atoms with E-state index in [4.69, 9.17) is 11.6 Å². The Hall–Kier alpha value is 0.250. The maximum Gasteiger partial charge on any atom is 0.0235 e. The van der Waals surface area contributed by atoms with E-state index in [1.54, 1.807) is 0 Å². The van der Waals surface area contributed by atoms with Gasteiger partial charge < -0.3 is 4.90 Å². The Morgan fingerprint density at radius 3 is 2.85 bits per heavy atom. The zero-order valence-corrected chi connectivity index (χ0v) is 9.10. The average Bonchev–Trinajstić information content (AvgIpc) is 2.62. The molecule has 0 aromatic carbocycles. The van der Waals surface area contributed by atoms with E-state index in [1.165, 1.54) is 51.6 Å². The van der Waals surface area contributed by atoms with Crippen molar-refractivity contribution in [3.63, 3.8) is 0 Å². The molecule has 0 aromatic heterocycles. The smallest absolute Gasteiger partial charge is 0.0235 e. The van der Waals surface area contributed by atoms with Crippen molar-refractivity contribution in [1.29, 1.82) is 0 Å². The first-order valence-corrected chi connectivity index (χ1v) is 6.25. The monoisotopic (exact) mass is 201 g/mol. The van der Waals surface area contributed by atoms with E-state index in [2.05, 4.69) is 4.90 Å². The quantitative estimate of drug-likeness (QED) is 0.635. The number of hydrogen-bond acceptors (Lipinski definition) is 1. The molecule has 1 aliphatic carbocycles. The highest BCUT2D eigenvalue weighted by Gasteiger charge is 2.34. The molecule has 0 spiro atoms. The maximum absolute atomic E-state index is 5.74. The van der Waals surface area contributed by atoms with Crippen molar-refractivity contribution in [3.8, 4) is 0 Å². The van der Waals surface area contributed by atoms with Crippen molar-refractivity contribution in [2.45, 2.75) is 44.6 Å². The van der Waals surface area contributed by atoms with Gasteiger partial charge in [0.15, 0.2) is 0 Å². The van der Waals surface area contributed by atoms with Gasteiger partial charge >= 0.3 is 0 Å². The zero-order chi connectivity index (χ0) is 9.10. The number of fused-ring (bicyclic) bond motifs is 1. The summed E-state index contributed by atoms with van der Waals surface area (Å²) in [6.07, 6.45) is 8.48. The van der Waals surface area contributed by atoms with Gasteiger partial charge in [0.25, 0.3) is 0 Å². The number of alkyl halides is 1. The first kappa shape index (κ1) is 9.79. The van der Waals surface area contributed by atoms with Crippen LogP contribution in [0.4, 0.5) is 0 Å². The van der Waals surface area contributed by atoms with E-state index in [-0.39, 0.29) is 0 Å². The molecule has 1 heterocycles. The fourth-order valence-corrected chi connectivity index (χ4v) is 3.22. The minimum Gasteiger partial charge on any atom is -0.300 e. The summed E-state index contributed by atoms with van der Waals surface area (Å²) < 4.78 is 0. The molecule has 0 radical (unpaired) electrons. The van der Waals surface area contributed by atoms with Gasteiger partial charge in [0.05, 0.1) is 0 Å². The van der Waals surface area contributed by atoms with Crippen molar-refractivity contribution in [2.75, 3.05) is 19.0 Å². The number of halogens is 1. The lowest BCUT2D eigenvalue weighted by atomic mass is 9.92. The number of hydrogen-bond donors (Lipinski definition) is 0. The summed E-state index contributed by atoms with van der Waals surface area (Å²) >= 11 is 5.74. The molecule has 76 valence electrons. The fraction of sp³-hybridized carbons (Fsp3) is 1.00. The molecule has 1 saturated carbocycles. The van der Waals surface area contributed by atoms with Gasteiger partial charge in [-0.2, -0.15) is 0 Å². The first-order chi connectivity index (χ1) is 6.42. The average molecular weight is 202 g/mol. The minimum absolute atomic E-state index is 0.827. The van der Waals surface area contributed by atoms with Crippen molar-refractivity contribution < 1.29 is 0 Å². The standard InChI is InChI=1S/C11H20ClN/c12-7-3-9-13-8-2-5-10-4-1-6-11(10)13/h10-11H,1-9H2. The van der Waals surface area contributed by atoms with Crippen LogP contribution < -0.4 is 0 Å². The molecule has 2 rings (SSSR count). The van der Waals surface area contributed by atoms with Crippen LogP contribution in [-0.2, 0) is 0 Å². The van der Waals surface area contributed by atoms with Gasteiger partial charge in [-0.1, -0.05) is 6.42 Å². The number of piperidine rings is 1. The lowest BCUT2D eigenvalue weighted by molar-refractivity contribution is 0.114. The molecule has 1 nitrogen and oxygen atoms in total. The molecule has 2 atom stereocenters. The SMILES string of the molecule is ClCCCN1CCCC2CCCC21. The van der Waals surface area contributed by atoms with E-state index in [0.29, 0.717) is 0 Å². The molecule has 1 saturated heterocycles. The van der Waals surface area contributed by atoms with E-state index < -0.39 is 0 Å². The van der Waals surface area contributed by atoms with Gasteiger partial charge in [-0.15, -0.1) is 11.6 Å². The second-order valence-electron chi connectivity index (χ2n) is 4.48. The first-order valence-electron chi connectivity index (χ1n) is 5.72. The Morgan fingerprint density at radius 2 is 2.00 bits per heavy atom. The van der Waals surface area contributed by atoms with E-state index in [1.807, 2.05) is 0 Å². The Labute approximate surface area is 86.4 Å². The Kier molecular flexibility index (Phi) is 3.51. The largest absolute Gasteiger partial charge is 0.300 e. The van der Waals surface area contributed by atoms with Crippen molar-refractivity contribution in [3.05, 3.63) is 0 Å². The molecule has 2 aliphatic rings. The Balaban J connectivity index is 1.86. The second kappa shape index (κ2) is 4.65. The van der Waals surface area contributed by atoms with Gasteiger partial charge in [0, 0.05) is 11.9 Å². The molecule has 0 amide bonds. The molecule has 2 unspecified atom stereocenters. The van der Waals surface area contributed by atoms with Crippen LogP contribution in [-0.4, -0.2) is 29.9 Å². The molecular formula is C11H20ClN. The molecule has 2 fully saturated rings. The van der Waals surface area contributed by atoms with Gasteiger partial charge in [-0.3, -0.25) is 0 Å². The van der Waals surface area contributed by atoms with Crippen LogP contribution in [0.1, 0.15) is 38.5 Å². The van der Waals surface area contributed by atoms with Crippen molar-refractivity contribution in [2.24, 2.45) is 5.92 Å². The Bertz CT molecular complexity index is 160. The van der Waals surface area contributed by atoms with Crippen LogP contribution >= 0.6 is 11.6 Å². The van der Waals surface area contributed by atoms with E-state index in [9.17, 15) is 0 Å². The summed E-state index contributed by atoms with van der Waals surface area (Å²) in [7, 11) is 0. The topological polar surface area (TPSA) is 3.24 Å². The molecule has 0 bridgehead atoms. The Morgan fingerprint density at radius 1 is 1.15 bits per heavy atom. The number of rotatable bonds is 3. The maximum atomic E-state index is 5.74. The summed E-state index contributed by atoms with van der Waals surface area (Å²) in [5.41, 5.74) is 0. The number of likely N-dealkylation sites (tertiary alicyclic amines) is 1. The summed E-state index contributed by atoms with van der Waals surface area (Å²) in [5.74, 6) is 1.86. The second-order valence-corrected chi connectivity index (χ2v) is 4.86. The summed E-state index contributed by atoms with van der Waals surface area (Å²) in [4.78, 5) is 2.70. The fourth-order valence-electron chi connectivity index (χ4n) is 3.10. The lowest BCUT2D eigenvalue weighted by Gasteiger charge is -2.37. The molecular weight excluding hydrogens is 182 g/mol. The summed E-state index contributed by atoms with van der Waals surface area (Å²) in [6, 6.07) is 0.928. The van der Waals surface area contributed by atoms with E-state index >= 15 is 0 Å². The third kappa shape index (κ3) is 2.19. The molecule has 0 N–H and O–H groups in total. The third-order valence-electron chi connectivity index (χ3n) is 3.69. The lowest BCUT2D eigenvalue weighted by Crippen LogP contribution is -2.43.